The Morgan fingerprint density at radius 1 is 0.962 bits per heavy atom. The number of carbonyl (C=O) groups excluding carboxylic acids is 2. The Labute approximate surface area is 300 Å². The highest BCUT2D eigenvalue weighted by molar-refractivity contribution is 5.93. The molecule has 2 unspecified atom stereocenters. The van der Waals surface area contributed by atoms with Crippen LogP contribution in [0, 0.1) is 29.1 Å². The standard InChI is InChI=1S/C41H44F5N3O3/c1-38-25-34(36-32-18-16-31(50)24-28(32)11-17-33(36)35(38)19-20-39(38,52)40(42,43)41(44,45)46)27-9-7-26(8-10-27)6-5-21-47-37(51)48-29-12-14-30(15-13-29)49-22-3-2-4-23-49/h7-10,12-15,24,33-35,52H,2-4,11,16-23,25H2,1H3,(H2,47,48,51)/t33?,34-,35?,38+,39+/m1/s1. The number of hydrogen-bond donors (Lipinski definition) is 3. The summed E-state index contributed by atoms with van der Waals surface area (Å²) in [6.07, 6.45) is 0.630. The summed E-state index contributed by atoms with van der Waals surface area (Å²) in [4.78, 5) is 27.1. The first-order valence-corrected chi connectivity index (χ1v) is 18.3. The lowest BCUT2D eigenvalue weighted by Gasteiger charge is -2.56. The topological polar surface area (TPSA) is 81.7 Å². The van der Waals surface area contributed by atoms with E-state index in [4.69, 9.17) is 0 Å². The van der Waals surface area contributed by atoms with E-state index in [0.29, 0.717) is 36.9 Å². The Bertz CT molecular complexity index is 1840. The van der Waals surface area contributed by atoms with Crippen LogP contribution in [0.2, 0.25) is 0 Å². The zero-order valence-electron chi connectivity index (χ0n) is 29.2. The van der Waals surface area contributed by atoms with E-state index in [2.05, 4.69) is 27.4 Å². The lowest BCUT2D eigenvalue weighted by molar-refractivity contribution is -0.362. The molecule has 0 aromatic heterocycles. The monoisotopic (exact) mass is 721 g/mol. The van der Waals surface area contributed by atoms with Gasteiger partial charge in [0.2, 0.25) is 0 Å². The predicted octanol–water partition coefficient (Wildman–Crippen LogP) is 8.68. The van der Waals surface area contributed by atoms with E-state index >= 15 is 8.78 Å². The second-order valence-electron chi connectivity index (χ2n) is 15.3. The molecular formula is C41H44F5N3O3. The van der Waals surface area contributed by atoms with Gasteiger partial charge < -0.3 is 20.6 Å². The normalized spacial score (nSPS) is 28.9. The van der Waals surface area contributed by atoms with Crippen molar-refractivity contribution in [2.75, 3.05) is 29.9 Å². The Hall–Kier alpha value is -4.17. The lowest BCUT2D eigenvalue weighted by Crippen LogP contribution is -2.65. The van der Waals surface area contributed by atoms with Gasteiger partial charge >= 0.3 is 18.1 Å². The number of piperidine rings is 1. The molecule has 2 aromatic carbocycles. The fourth-order valence-corrected chi connectivity index (χ4v) is 9.87. The van der Waals surface area contributed by atoms with Crippen LogP contribution in [-0.2, 0) is 4.79 Å². The number of allylic oxidation sites excluding steroid dienone is 4. The van der Waals surface area contributed by atoms with Crippen LogP contribution in [0.5, 0.6) is 0 Å². The van der Waals surface area contributed by atoms with Gasteiger partial charge in [-0.05, 0) is 129 Å². The number of anilines is 2. The van der Waals surface area contributed by atoms with Crippen LogP contribution in [-0.4, -0.2) is 54.3 Å². The molecule has 7 rings (SSSR count). The van der Waals surface area contributed by atoms with Gasteiger partial charge in [-0.25, -0.2) is 4.79 Å². The van der Waals surface area contributed by atoms with Crippen LogP contribution >= 0.6 is 0 Å². The molecule has 6 nitrogen and oxygen atoms in total. The number of urea groups is 1. The number of nitrogens with zero attached hydrogens (tertiary/aromatic N) is 1. The number of amides is 2. The SMILES string of the molecule is C[C@]12C[C@H](c3ccc(C#CCNC(=O)Nc4ccc(N5CCCCC5)cc4)cc3)C3=C4CCC(=O)C=C4CCC3C1CC[C@@]2(O)C(F)(F)C(F)(F)F. The number of carbonyl (C=O) groups is 2. The first-order chi connectivity index (χ1) is 24.7. The Morgan fingerprint density at radius 2 is 1.67 bits per heavy atom. The van der Waals surface area contributed by atoms with Gasteiger partial charge in [-0.2, -0.15) is 22.0 Å². The van der Waals surface area contributed by atoms with Crippen molar-refractivity contribution in [3.8, 4) is 11.8 Å². The molecule has 1 heterocycles. The maximum absolute atomic E-state index is 15.3. The molecule has 52 heavy (non-hydrogen) atoms. The molecule has 4 aliphatic carbocycles. The molecule has 2 saturated carbocycles. The average Bonchev–Trinajstić information content (AvgIpc) is 3.41. The third-order valence-electron chi connectivity index (χ3n) is 12.5. The highest BCUT2D eigenvalue weighted by atomic mass is 19.4. The summed E-state index contributed by atoms with van der Waals surface area (Å²) in [5, 5.41) is 17.0. The first-order valence-electron chi connectivity index (χ1n) is 18.3. The van der Waals surface area contributed by atoms with Crippen molar-refractivity contribution in [2.45, 2.75) is 94.7 Å². The van der Waals surface area contributed by atoms with E-state index < -0.39 is 47.4 Å². The predicted molar refractivity (Wildman–Crippen MR) is 189 cm³/mol. The lowest BCUT2D eigenvalue weighted by atomic mass is 9.50. The Kier molecular flexibility index (Phi) is 9.52. The summed E-state index contributed by atoms with van der Waals surface area (Å²) in [5.74, 6) is -0.659. The van der Waals surface area contributed by atoms with Crippen LogP contribution in [0.4, 0.5) is 38.1 Å². The van der Waals surface area contributed by atoms with Crippen molar-refractivity contribution in [1.29, 1.82) is 0 Å². The van der Waals surface area contributed by atoms with Crippen molar-refractivity contribution in [3.63, 3.8) is 0 Å². The van der Waals surface area contributed by atoms with Gasteiger partial charge in [-0.15, -0.1) is 0 Å². The summed E-state index contributed by atoms with van der Waals surface area (Å²) >= 11 is 0. The van der Waals surface area contributed by atoms with Gasteiger partial charge in [0.15, 0.2) is 5.78 Å². The number of ketones is 1. The number of benzene rings is 2. The molecule has 0 radical (unpaired) electrons. The van der Waals surface area contributed by atoms with Crippen LogP contribution in [0.25, 0.3) is 0 Å². The van der Waals surface area contributed by atoms with Crippen LogP contribution in [0.3, 0.4) is 0 Å². The summed E-state index contributed by atoms with van der Waals surface area (Å²) in [6.45, 7) is 3.57. The van der Waals surface area contributed by atoms with E-state index in [1.807, 2.05) is 36.4 Å². The third kappa shape index (κ3) is 6.31. The number of rotatable bonds is 5. The van der Waals surface area contributed by atoms with Crippen LogP contribution < -0.4 is 15.5 Å². The molecule has 2 amide bonds. The number of alkyl halides is 5. The van der Waals surface area contributed by atoms with Crippen molar-refractivity contribution in [3.05, 3.63) is 82.5 Å². The summed E-state index contributed by atoms with van der Waals surface area (Å²) in [6, 6.07) is 14.5. The highest BCUT2D eigenvalue weighted by Gasteiger charge is 2.79. The van der Waals surface area contributed by atoms with Gasteiger partial charge in [-0.3, -0.25) is 4.79 Å². The quantitative estimate of drug-likeness (QED) is 0.213. The number of halogens is 5. The van der Waals surface area contributed by atoms with Crippen molar-refractivity contribution >= 4 is 23.2 Å². The van der Waals surface area contributed by atoms with E-state index in [1.54, 1.807) is 18.2 Å². The summed E-state index contributed by atoms with van der Waals surface area (Å²) < 4.78 is 72.1. The molecule has 0 spiro atoms. The second-order valence-corrected chi connectivity index (χ2v) is 15.3. The maximum Gasteiger partial charge on any atom is 0.456 e. The maximum atomic E-state index is 15.3. The summed E-state index contributed by atoms with van der Waals surface area (Å²) in [7, 11) is 0. The Morgan fingerprint density at radius 3 is 2.37 bits per heavy atom. The number of aliphatic hydroxyl groups is 1. The fourth-order valence-electron chi connectivity index (χ4n) is 9.87. The molecular weight excluding hydrogens is 677 g/mol. The van der Waals surface area contributed by atoms with E-state index in [0.717, 1.165) is 41.1 Å². The summed E-state index contributed by atoms with van der Waals surface area (Å²) in [5.41, 5.74) is 1.19. The molecule has 2 aromatic rings. The van der Waals surface area contributed by atoms with Crippen LogP contribution in [0.15, 0.2) is 71.3 Å². The van der Waals surface area contributed by atoms with Gasteiger partial charge in [-0.1, -0.05) is 36.5 Å². The highest BCUT2D eigenvalue weighted by Crippen LogP contribution is 2.70. The minimum Gasteiger partial charge on any atom is -0.383 e. The fraction of sp³-hybridized carbons (Fsp3) is 0.512. The Balaban J connectivity index is 1.08. The van der Waals surface area contributed by atoms with Crippen LogP contribution in [0.1, 0.15) is 88.2 Å². The molecule has 5 atom stereocenters. The van der Waals surface area contributed by atoms with Crippen molar-refractivity contribution in [2.24, 2.45) is 17.3 Å². The molecule has 276 valence electrons. The zero-order valence-corrected chi connectivity index (χ0v) is 29.2. The van der Waals surface area contributed by atoms with E-state index in [-0.39, 0.29) is 31.1 Å². The average molecular weight is 722 g/mol. The molecule has 1 aliphatic heterocycles. The smallest absolute Gasteiger partial charge is 0.383 e. The number of fused-ring (bicyclic) bond motifs is 4. The van der Waals surface area contributed by atoms with Gasteiger partial charge in [0, 0.05) is 47.8 Å². The molecule has 11 heteroatoms. The van der Waals surface area contributed by atoms with E-state index in [1.165, 1.54) is 26.2 Å². The molecule has 3 fully saturated rings. The van der Waals surface area contributed by atoms with Crippen molar-refractivity contribution in [1.82, 2.24) is 5.32 Å². The number of nitrogens with one attached hydrogen (secondary N) is 2. The largest absolute Gasteiger partial charge is 0.456 e. The molecule has 5 aliphatic rings. The van der Waals surface area contributed by atoms with Crippen molar-refractivity contribution < 1.29 is 36.6 Å². The first kappa shape index (κ1) is 36.2. The van der Waals surface area contributed by atoms with Gasteiger partial charge in [0.1, 0.15) is 5.60 Å². The second kappa shape index (κ2) is 13.7. The third-order valence-corrected chi connectivity index (χ3v) is 12.5. The number of hydrogen-bond acceptors (Lipinski definition) is 4. The van der Waals surface area contributed by atoms with E-state index in [9.17, 15) is 27.9 Å². The molecule has 1 saturated heterocycles. The zero-order chi connectivity index (χ0) is 36.9. The minimum absolute atomic E-state index is 0.0341. The minimum atomic E-state index is -5.89. The molecule has 3 N–H and O–H groups in total. The molecule has 0 bridgehead atoms. The van der Waals surface area contributed by atoms with Gasteiger partial charge in [0.05, 0.1) is 6.54 Å². The van der Waals surface area contributed by atoms with Gasteiger partial charge in [0.25, 0.3) is 0 Å².